The van der Waals surface area contributed by atoms with E-state index in [-0.39, 0.29) is 12.1 Å². The van der Waals surface area contributed by atoms with Crippen LogP contribution in [0.15, 0.2) is 55.8 Å². The Morgan fingerprint density at radius 2 is 1.27 bits per heavy atom. The van der Waals surface area contributed by atoms with Gasteiger partial charge in [-0.05, 0) is 24.3 Å². The molecule has 0 aromatic heterocycles. The normalized spacial score (nSPS) is 21.7. The highest BCUT2D eigenvalue weighted by molar-refractivity contribution is 6.42. The Balaban J connectivity index is 1.87. The minimum Gasteiger partial charge on any atom is -0.498 e. The molecule has 0 aliphatic carbocycles. The summed E-state index contributed by atoms with van der Waals surface area (Å²) in [6.45, 7) is 0. The molecule has 1 aromatic carbocycles. The number of halogens is 2. The Hall–Kier alpha value is -2.44. The van der Waals surface area contributed by atoms with E-state index in [4.69, 9.17) is 32.7 Å². The number of allylic oxidation sites excluding steroid dienone is 2. The van der Waals surface area contributed by atoms with E-state index in [9.17, 15) is 0 Å². The third kappa shape index (κ3) is 4.03. The van der Waals surface area contributed by atoms with Gasteiger partial charge in [-0.3, -0.25) is 20.0 Å². The van der Waals surface area contributed by atoms with Crippen molar-refractivity contribution in [1.82, 2.24) is 0 Å². The molecule has 2 aliphatic heterocycles. The molecule has 2 atom stereocenters. The van der Waals surface area contributed by atoms with Gasteiger partial charge in [-0.25, -0.2) is 0 Å². The third-order valence-electron chi connectivity index (χ3n) is 3.75. The first kappa shape index (κ1) is 18.4. The van der Waals surface area contributed by atoms with Crippen LogP contribution in [0.1, 0.15) is 0 Å². The van der Waals surface area contributed by atoms with E-state index in [0.717, 1.165) is 0 Å². The van der Waals surface area contributed by atoms with Gasteiger partial charge in [0.15, 0.2) is 0 Å². The van der Waals surface area contributed by atoms with Crippen LogP contribution < -0.4 is 0 Å². The summed E-state index contributed by atoms with van der Waals surface area (Å²) in [5, 5.41) is 0.790. The number of benzene rings is 1. The SMILES string of the molecule is COC1=CC=NC1C=Nc1cc(Cl)c(Cl)cc1N=CC1N=CC=C1OC. The lowest BCUT2D eigenvalue weighted by Gasteiger charge is -2.09. The Morgan fingerprint density at radius 3 is 1.65 bits per heavy atom. The molecule has 0 spiro atoms. The van der Waals surface area contributed by atoms with Crippen molar-refractivity contribution in [2.45, 2.75) is 12.1 Å². The van der Waals surface area contributed by atoms with Crippen molar-refractivity contribution < 1.29 is 9.47 Å². The molecule has 0 amide bonds. The molecule has 0 saturated heterocycles. The van der Waals surface area contributed by atoms with Crippen molar-refractivity contribution in [3.8, 4) is 0 Å². The quantitative estimate of drug-likeness (QED) is 0.676. The average Bonchev–Trinajstić information content (AvgIpc) is 3.29. The van der Waals surface area contributed by atoms with Crippen molar-refractivity contribution in [3.05, 3.63) is 45.8 Å². The summed E-state index contributed by atoms with van der Waals surface area (Å²) in [6.07, 6.45) is 10.3. The number of nitrogens with zero attached hydrogens (tertiary/aromatic N) is 4. The molecule has 0 saturated carbocycles. The second kappa shape index (κ2) is 8.29. The van der Waals surface area contributed by atoms with Crippen LogP contribution in [-0.4, -0.2) is 51.2 Å². The van der Waals surface area contributed by atoms with Crippen molar-refractivity contribution in [2.24, 2.45) is 20.0 Å². The topological polar surface area (TPSA) is 67.9 Å². The number of hydrogen-bond acceptors (Lipinski definition) is 6. The minimum absolute atomic E-state index is 0.270. The van der Waals surface area contributed by atoms with E-state index >= 15 is 0 Å². The van der Waals surface area contributed by atoms with E-state index in [2.05, 4.69) is 20.0 Å². The average molecular weight is 391 g/mol. The molecule has 0 radical (unpaired) electrons. The maximum absolute atomic E-state index is 6.13. The molecule has 6 nitrogen and oxygen atoms in total. The highest BCUT2D eigenvalue weighted by atomic mass is 35.5. The summed E-state index contributed by atoms with van der Waals surface area (Å²) in [5.41, 5.74) is 1.14. The van der Waals surface area contributed by atoms with Crippen molar-refractivity contribution in [1.29, 1.82) is 0 Å². The molecule has 2 heterocycles. The summed E-state index contributed by atoms with van der Waals surface area (Å²) >= 11 is 12.3. The molecule has 8 heteroatoms. The fraction of sp³-hybridized carbons (Fsp3) is 0.222. The minimum atomic E-state index is -0.270. The molecule has 2 unspecified atom stereocenters. The lowest BCUT2D eigenvalue weighted by atomic mass is 10.2. The molecular weight excluding hydrogens is 375 g/mol. The maximum atomic E-state index is 6.13. The zero-order valence-electron chi connectivity index (χ0n) is 14.1. The van der Waals surface area contributed by atoms with Crippen LogP contribution in [-0.2, 0) is 9.47 Å². The largest absolute Gasteiger partial charge is 0.498 e. The van der Waals surface area contributed by atoms with Crippen LogP contribution in [0.3, 0.4) is 0 Å². The van der Waals surface area contributed by atoms with Crippen LogP contribution in [0, 0.1) is 0 Å². The Bertz CT molecular complexity index is 801. The van der Waals surface area contributed by atoms with E-state index in [0.29, 0.717) is 32.9 Å². The highest BCUT2D eigenvalue weighted by Crippen LogP contribution is 2.36. The number of aliphatic imine (C=N–C) groups is 4. The second-order valence-corrected chi connectivity index (χ2v) is 6.16. The molecule has 26 heavy (non-hydrogen) atoms. The highest BCUT2D eigenvalue weighted by Gasteiger charge is 2.16. The summed E-state index contributed by atoms with van der Waals surface area (Å²) in [4.78, 5) is 17.5. The maximum Gasteiger partial charge on any atom is 0.142 e. The van der Waals surface area contributed by atoms with E-state index in [1.807, 2.05) is 0 Å². The summed E-state index contributed by atoms with van der Waals surface area (Å²) in [5.74, 6) is 1.43. The zero-order valence-corrected chi connectivity index (χ0v) is 15.6. The predicted molar refractivity (Wildman–Crippen MR) is 108 cm³/mol. The van der Waals surface area contributed by atoms with Crippen LogP contribution in [0.25, 0.3) is 0 Å². The molecular formula is C18H16Cl2N4O2. The van der Waals surface area contributed by atoms with Gasteiger partial charge in [-0.15, -0.1) is 0 Å². The third-order valence-corrected chi connectivity index (χ3v) is 4.47. The van der Waals surface area contributed by atoms with Crippen LogP contribution in [0.4, 0.5) is 11.4 Å². The Kier molecular flexibility index (Phi) is 5.85. The molecule has 1 aromatic rings. The van der Waals surface area contributed by atoms with Gasteiger partial charge in [-0.2, -0.15) is 0 Å². The monoisotopic (exact) mass is 390 g/mol. The van der Waals surface area contributed by atoms with Gasteiger partial charge in [0, 0.05) is 24.9 Å². The molecule has 0 bridgehead atoms. The Morgan fingerprint density at radius 1 is 0.846 bits per heavy atom. The Labute approximate surface area is 161 Å². The van der Waals surface area contributed by atoms with Gasteiger partial charge in [0.25, 0.3) is 0 Å². The van der Waals surface area contributed by atoms with Gasteiger partial charge >= 0.3 is 0 Å². The summed E-state index contributed by atoms with van der Waals surface area (Å²) < 4.78 is 10.5. The first-order chi connectivity index (χ1) is 12.6. The fourth-order valence-electron chi connectivity index (χ4n) is 2.40. The molecule has 0 N–H and O–H groups in total. The zero-order chi connectivity index (χ0) is 18.5. The molecule has 134 valence electrons. The van der Waals surface area contributed by atoms with E-state index < -0.39 is 0 Å². The summed E-state index contributed by atoms with van der Waals surface area (Å²) in [6, 6.07) is 2.78. The first-order valence-corrected chi connectivity index (χ1v) is 8.50. The summed E-state index contributed by atoms with van der Waals surface area (Å²) in [7, 11) is 3.19. The van der Waals surface area contributed by atoms with Gasteiger partial charge in [-0.1, -0.05) is 23.2 Å². The molecule has 3 rings (SSSR count). The van der Waals surface area contributed by atoms with Gasteiger partial charge in [0.2, 0.25) is 0 Å². The standard InChI is InChI=1S/C18H16Cl2N4O2/c1-25-17-3-5-21-15(17)9-23-13-7-11(19)12(20)8-14(13)24-10-16-18(26-2)4-6-22-16/h3-10,15-16H,1-2H3. The smallest absolute Gasteiger partial charge is 0.142 e. The van der Waals surface area contributed by atoms with Crippen LogP contribution in [0.2, 0.25) is 10.0 Å². The van der Waals surface area contributed by atoms with Crippen molar-refractivity contribution in [2.75, 3.05) is 14.2 Å². The molecule has 2 aliphatic rings. The van der Waals surface area contributed by atoms with E-state index in [1.54, 1.807) is 63.4 Å². The number of rotatable bonds is 6. The van der Waals surface area contributed by atoms with Gasteiger partial charge < -0.3 is 9.47 Å². The second-order valence-electron chi connectivity index (χ2n) is 5.34. The number of methoxy groups -OCH3 is 2. The fourth-order valence-corrected chi connectivity index (χ4v) is 2.71. The lowest BCUT2D eigenvalue weighted by molar-refractivity contribution is 0.282. The number of hydrogen-bond donors (Lipinski definition) is 0. The van der Waals surface area contributed by atoms with E-state index in [1.165, 1.54) is 0 Å². The van der Waals surface area contributed by atoms with Crippen LogP contribution in [0.5, 0.6) is 0 Å². The van der Waals surface area contributed by atoms with Crippen molar-refractivity contribution >= 4 is 59.4 Å². The van der Waals surface area contributed by atoms with Crippen molar-refractivity contribution in [3.63, 3.8) is 0 Å². The lowest BCUT2D eigenvalue weighted by Crippen LogP contribution is -2.08. The van der Waals surface area contributed by atoms with Gasteiger partial charge in [0.1, 0.15) is 23.6 Å². The number of ether oxygens (including phenoxy) is 2. The first-order valence-electron chi connectivity index (χ1n) is 7.74. The van der Waals surface area contributed by atoms with Crippen LogP contribution >= 0.6 is 23.2 Å². The van der Waals surface area contributed by atoms with Gasteiger partial charge in [0.05, 0.1) is 35.6 Å². The molecule has 0 fully saturated rings. The predicted octanol–water partition coefficient (Wildman–Crippen LogP) is 4.36.